The van der Waals surface area contributed by atoms with Crippen LogP contribution in [0.4, 0.5) is 0 Å². The number of carbonyl (C=O) groups is 2. The summed E-state index contributed by atoms with van der Waals surface area (Å²) in [6.45, 7) is 1.07. The second-order valence-corrected chi connectivity index (χ2v) is 6.58. The molecule has 2 N–H and O–H groups in total. The average Bonchev–Trinajstić information content (AvgIpc) is 2.96. The van der Waals surface area contributed by atoms with E-state index in [9.17, 15) is 9.59 Å². The van der Waals surface area contributed by atoms with Crippen LogP contribution in [0.15, 0.2) is 48.5 Å². The Morgan fingerprint density at radius 2 is 1.74 bits per heavy atom. The fourth-order valence-electron chi connectivity index (χ4n) is 3.31. The number of carbonyl (C=O) groups excluding carboxylic acids is 2. The van der Waals surface area contributed by atoms with E-state index in [-0.39, 0.29) is 24.3 Å². The largest absolute Gasteiger partial charge is 0.493 e. The van der Waals surface area contributed by atoms with Gasteiger partial charge in [0.2, 0.25) is 5.91 Å². The molecule has 0 aliphatic carbocycles. The van der Waals surface area contributed by atoms with Crippen molar-refractivity contribution in [2.24, 2.45) is 0 Å². The Balaban J connectivity index is 1.54. The molecule has 6 nitrogen and oxygen atoms in total. The first kappa shape index (κ1) is 18.9. The molecule has 2 aromatic carbocycles. The molecule has 3 rings (SSSR count). The molecule has 0 radical (unpaired) electrons. The predicted molar refractivity (Wildman–Crippen MR) is 100 cm³/mol. The molecule has 1 aliphatic rings. The molecule has 0 spiro atoms. The molecule has 2 aromatic rings. The van der Waals surface area contributed by atoms with Crippen LogP contribution in [0, 0.1) is 0 Å². The van der Waals surface area contributed by atoms with Crippen LogP contribution in [0.25, 0.3) is 0 Å². The van der Waals surface area contributed by atoms with Crippen LogP contribution in [-0.4, -0.2) is 43.5 Å². The van der Waals surface area contributed by atoms with E-state index < -0.39 is 0 Å². The van der Waals surface area contributed by atoms with Gasteiger partial charge in [-0.3, -0.25) is 14.5 Å². The summed E-state index contributed by atoms with van der Waals surface area (Å²) in [4.78, 5) is 26.2. The second-order valence-electron chi connectivity index (χ2n) is 6.58. The lowest BCUT2D eigenvalue weighted by atomic mass is 10.1. The average molecular weight is 369 g/mol. The molecule has 1 saturated heterocycles. The fraction of sp³-hybridized carbons (Fsp3) is 0.333. The third-order valence-electron chi connectivity index (χ3n) is 4.79. The maximum atomic E-state index is 12.6. The highest BCUT2D eigenvalue weighted by molar-refractivity contribution is 6.04. The molecule has 27 heavy (non-hydrogen) atoms. The van der Waals surface area contributed by atoms with Gasteiger partial charge in [0.25, 0.3) is 5.91 Å². The summed E-state index contributed by atoms with van der Waals surface area (Å²) in [6.07, 6.45) is 1.04. The first-order valence-electron chi connectivity index (χ1n) is 9.04. The minimum atomic E-state index is -0.332. The summed E-state index contributed by atoms with van der Waals surface area (Å²) in [6, 6.07) is 15.1. The Morgan fingerprint density at radius 3 is 2.44 bits per heavy atom. The van der Waals surface area contributed by atoms with E-state index in [0.717, 1.165) is 24.1 Å². The summed E-state index contributed by atoms with van der Waals surface area (Å²) in [5.74, 6) is 1.18. The van der Waals surface area contributed by atoms with Gasteiger partial charge in [-0.25, -0.2) is 0 Å². The quantitative estimate of drug-likeness (QED) is 0.708. The van der Waals surface area contributed by atoms with Gasteiger partial charge < -0.3 is 14.8 Å². The van der Waals surface area contributed by atoms with Crippen LogP contribution < -0.4 is 14.8 Å². The van der Waals surface area contributed by atoms with Crippen LogP contribution in [-0.2, 0) is 22.6 Å². The highest BCUT2D eigenvalue weighted by Gasteiger charge is 2.40. The number of ether oxygens (including phenoxy) is 2. The zero-order chi connectivity index (χ0) is 19.2. The lowest BCUT2D eigenvalue weighted by molar-refractivity contribution is -0.674. The number of likely N-dealkylation sites (tertiary alicyclic amines) is 1. The van der Waals surface area contributed by atoms with Crippen molar-refractivity contribution in [3.63, 3.8) is 0 Å². The van der Waals surface area contributed by atoms with Crippen molar-refractivity contribution in [1.82, 2.24) is 4.90 Å². The van der Waals surface area contributed by atoms with Crippen LogP contribution >= 0.6 is 0 Å². The van der Waals surface area contributed by atoms with E-state index in [0.29, 0.717) is 18.0 Å². The zero-order valence-corrected chi connectivity index (χ0v) is 15.7. The number of hydrogen-bond acceptors (Lipinski definition) is 4. The monoisotopic (exact) mass is 369 g/mol. The van der Waals surface area contributed by atoms with Crippen molar-refractivity contribution in [2.75, 3.05) is 20.8 Å². The number of quaternary nitrogens is 1. The summed E-state index contributed by atoms with van der Waals surface area (Å²) < 4.78 is 10.6. The topological polar surface area (TPSA) is 72.5 Å². The number of hydrogen-bond donors (Lipinski definition) is 1. The van der Waals surface area contributed by atoms with Gasteiger partial charge in [0.05, 0.1) is 33.7 Å². The molecule has 0 bridgehead atoms. The predicted octanol–water partition coefficient (Wildman–Crippen LogP) is 1.14. The number of rotatable bonds is 8. The van der Waals surface area contributed by atoms with Crippen molar-refractivity contribution < 1.29 is 24.4 Å². The summed E-state index contributed by atoms with van der Waals surface area (Å²) in [7, 11) is 3.22. The number of nitrogens with two attached hydrogens (primary N) is 1. The zero-order valence-electron chi connectivity index (χ0n) is 15.7. The Hall–Kier alpha value is -2.86. The number of amides is 2. The van der Waals surface area contributed by atoms with E-state index in [2.05, 4.69) is 0 Å². The minimum Gasteiger partial charge on any atom is -0.493 e. The lowest BCUT2D eigenvalue weighted by Crippen LogP contribution is -2.91. The molecule has 2 amide bonds. The highest BCUT2D eigenvalue weighted by Crippen LogP contribution is 2.27. The van der Waals surface area contributed by atoms with Gasteiger partial charge in [-0.2, -0.15) is 0 Å². The molecule has 1 fully saturated rings. The Bertz CT molecular complexity index is 807. The lowest BCUT2D eigenvalue weighted by Gasteiger charge is -2.14. The van der Waals surface area contributed by atoms with Crippen molar-refractivity contribution in [1.29, 1.82) is 0 Å². The van der Waals surface area contributed by atoms with Gasteiger partial charge in [-0.15, -0.1) is 0 Å². The number of methoxy groups -OCH3 is 2. The molecule has 6 heteroatoms. The van der Waals surface area contributed by atoms with Crippen molar-refractivity contribution >= 4 is 11.8 Å². The normalized spacial score (nSPS) is 16.7. The first-order valence-corrected chi connectivity index (χ1v) is 9.04. The summed E-state index contributed by atoms with van der Waals surface area (Å²) in [5, 5.41) is 1.96. The molecule has 1 heterocycles. The fourth-order valence-corrected chi connectivity index (χ4v) is 3.31. The van der Waals surface area contributed by atoms with E-state index in [1.807, 2.05) is 53.8 Å². The van der Waals surface area contributed by atoms with Crippen LogP contribution in [0.5, 0.6) is 11.5 Å². The van der Waals surface area contributed by atoms with E-state index in [1.54, 1.807) is 14.2 Å². The van der Waals surface area contributed by atoms with E-state index in [1.165, 1.54) is 4.90 Å². The van der Waals surface area contributed by atoms with Gasteiger partial charge in [0.15, 0.2) is 17.5 Å². The van der Waals surface area contributed by atoms with Crippen LogP contribution in [0.1, 0.15) is 17.5 Å². The molecule has 1 aliphatic heterocycles. The standard InChI is InChI=1S/C21H24N2O4/c1-26-18-9-8-15(12-19(18)27-2)10-11-22-17-13-20(24)23(21(17)25)14-16-6-4-3-5-7-16/h3-9,12,17,22H,10-11,13-14H2,1-2H3/p+1/t17-/m1/s1. The van der Waals surface area contributed by atoms with Gasteiger partial charge in [-0.05, 0) is 23.3 Å². The molecule has 142 valence electrons. The second kappa shape index (κ2) is 8.68. The highest BCUT2D eigenvalue weighted by atomic mass is 16.5. The van der Waals surface area contributed by atoms with Gasteiger partial charge in [-0.1, -0.05) is 36.4 Å². The Kier molecular flexibility index (Phi) is 6.08. The maximum Gasteiger partial charge on any atom is 0.288 e. The van der Waals surface area contributed by atoms with Crippen LogP contribution in [0.3, 0.4) is 0 Å². The smallest absolute Gasteiger partial charge is 0.288 e. The van der Waals surface area contributed by atoms with Gasteiger partial charge in [0.1, 0.15) is 0 Å². The van der Waals surface area contributed by atoms with Crippen molar-refractivity contribution in [3.8, 4) is 11.5 Å². The van der Waals surface area contributed by atoms with Gasteiger partial charge >= 0.3 is 0 Å². The third-order valence-corrected chi connectivity index (χ3v) is 4.79. The van der Waals surface area contributed by atoms with Gasteiger partial charge in [0, 0.05) is 6.42 Å². The number of nitrogens with zero attached hydrogens (tertiary/aromatic N) is 1. The third kappa shape index (κ3) is 4.46. The van der Waals surface area contributed by atoms with Crippen molar-refractivity contribution in [2.45, 2.75) is 25.4 Å². The Labute approximate surface area is 159 Å². The summed E-state index contributed by atoms with van der Waals surface area (Å²) >= 11 is 0. The van der Waals surface area contributed by atoms with E-state index in [4.69, 9.17) is 9.47 Å². The number of imide groups is 1. The molecule has 0 saturated carbocycles. The van der Waals surface area contributed by atoms with Crippen LogP contribution in [0.2, 0.25) is 0 Å². The molecule has 0 unspecified atom stereocenters. The first-order chi connectivity index (χ1) is 13.1. The SMILES string of the molecule is COc1ccc(CC[NH2+][C@@H]2CC(=O)N(Cc3ccccc3)C2=O)cc1OC. The molecular weight excluding hydrogens is 344 g/mol. The summed E-state index contributed by atoms with van der Waals surface area (Å²) in [5.41, 5.74) is 2.06. The Morgan fingerprint density at radius 1 is 1.00 bits per heavy atom. The molecular formula is C21H25N2O4+. The maximum absolute atomic E-state index is 12.6. The molecule has 0 aromatic heterocycles. The van der Waals surface area contributed by atoms with Crippen molar-refractivity contribution in [3.05, 3.63) is 59.7 Å². The number of benzene rings is 2. The van der Waals surface area contributed by atoms with E-state index >= 15 is 0 Å². The minimum absolute atomic E-state index is 0.101. The molecule has 1 atom stereocenters.